The van der Waals surface area contributed by atoms with Crippen molar-refractivity contribution in [2.24, 2.45) is 5.10 Å². The predicted octanol–water partition coefficient (Wildman–Crippen LogP) is 5.56. The third-order valence-corrected chi connectivity index (χ3v) is 4.42. The lowest BCUT2D eigenvalue weighted by atomic mass is 10.1. The molecule has 3 aromatic rings. The number of rotatable bonds is 4. The van der Waals surface area contributed by atoms with E-state index in [-0.39, 0.29) is 0 Å². The van der Waals surface area contributed by atoms with Crippen LogP contribution in [0.4, 0.5) is 5.69 Å². The van der Waals surface area contributed by atoms with E-state index < -0.39 is 0 Å². The number of hydrogen-bond donors (Lipinski definition) is 1. The van der Waals surface area contributed by atoms with E-state index in [4.69, 9.17) is 23.2 Å². The Bertz CT molecular complexity index is 783. The standard InChI is InChI=1S/C16H11Cl2N3S/c17-12-6-4-11(5-7-12)15-14(10-22-16(15)18)21-20-9-13-3-1-2-8-19-13/h1-10,21H/b20-9+. The summed E-state index contributed by atoms with van der Waals surface area (Å²) in [6.07, 6.45) is 3.39. The van der Waals surface area contributed by atoms with E-state index in [1.165, 1.54) is 11.3 Å². The summed E-state index contributed by atoms with van der Waals surface area (Å²) in [6, 6.07) is 13.2. The Morgan fingerprint density at radius 3 is 2.64 bits per heavy atom. The van der Waals surface area contributed by atoms with Gasteiger partial charge in [-0.25, -0.2) is 0 Å². The molecule has 6 heteroatoms. The molecule has 2 aromatic heterocycles. The van der Waals surface area contributed by atoms with Gasteiger partial charge in [-0.15, -0.1) is 11.3 Å². The molecular formula is C16H11Cl2N3S. The summed E-state index contributed by atoms with van der Waals surface area (Å²) >= 11 is 13.7. The molecule has 3 rings (SSSR count). The van der Waals surface area contributed by atoms with Crippen LogP contribution in [0.15, 0.2) is 59.1 Å². The number of hydrogen-bond acceptors (Lipinski definition) is 4. The molecule has 0 unspecified atom stereocenters. The first-order valence-electron chi connectivity index (χ1n) is 6.47. The van der Waals surface area contributed by atoms with Gasteiger partial charge in [-0.3, -0.25) is 10.4 Å². The van der Waals surface area contributed by atoms with Crippen molar-refractivity contribution in [1.82, 2.24) is 4.98 Å². The number of nitrogens with one attached hydrogen (secondary N) is 1. The van der Waals surface area contributed by atoms with Crippen molar-refractivity contribution in [1.29, 1.82) is 0 Å². The third kappa shape index (κ3) is 3.47. The summed E-state index contributed by atoms with van der Waals surface area (Å²) in [5.74, 6) is 0. The first kappa shape index (κ1) is 15.0. The van der Waals surface area contributed by atoms with Gasteiger partial charge in [-0.2, -0.15) is 5.10 Å². The minimum Gasteiger partial charge on any atom is -0.277 e. The molecule has 22 heavy (non-hydrogen) atoms. The summed E-state index contributed by atoms with van der Waals surface area (Å²) in [5, 5.41) is 6.84. The van der Waals surface area contributed by atoms with Gasteiger partial charge in [0.2, 0.25) is 0 Å². The molecule has 1 N–H and O–H groups in total. The first-order valence-corrected chi connectivity index (χ1v) is 8.10. The smallest absolute Gasteiger partial charge is 0.103 e. The van der Waals surface area contributed by atoms with Crippen molar-refractivity contribution in [2.75, 3.05) is 5.43 Å². The Morgan fingerprint density at radius 1 is 1.09 bits per heavy atom. The molecule has 0 spiro atoms. The highest BCUT2D eigenvalue weighted by atomic mass is 35.5. The van der Waals surface area contributed by atoms with Gasteiger partial charge < -0.3 is 0 Å². The van der Waals surface area contributed by atoms with Gasteiger partial charge >= 0.3 is 0 Å². The van der Waals surface area contributed by atoms with Gasteiger partial charge in [-0.1, -0.05) is 41.4 Å². The van der Waals surface area contributed by atoms with Gasteiger partial charge in [0, 0.05) is 22.2 Å². The van der Waals surface area contributed by atoms with E-state index in [9.17, 15) is 0 Å². The molecule has 0 atom stereocenters. The number of aromatic nitrogens is 1. The Morgan fingerprint density at radius 2 is 1.91 bits per heavy atom. The third-order valence-electron chi connectivity index (χ3n) is 2.95. The summed E-state index contributed by atoms with van der Waals surface area (Å²) in [5.41, 5.74) is 6.56. The normalized spacial score (nSPS) is 11.0. The number of thiophene rings is 1. The van der Waals surface area contributed by atoms with Crippen LogP contribution in [-0.4, -0.2) is 11.2 Å². The molecule has 0 aliphatic heterocycles. The Kier molecular flexibility index (Phi) is 4.73. The van der Waals surface area contributed by atoms with Crippen LogP contribution in [0, 0.1) is 0 Å². The Balaban J connectivity index is 1.83. The molecule has 2 heterocycles. The van der Waals surface area contributed by atoms with E-state index in [2.05, 4.69) is 15.5 Å². The topological polar surface area (TPSA) is 37.3 Å². The van der Waals surface area contributed by atoms with Crippen molar-refractivity contribution in [2.45, 2.75) is 0 Å². The van der Waals surface area contributed by atoms with Crippen molar-refractivity contribution in [3.63, 3.8) is 0 Å². The van der Waals surface area contributed by atoms with Crippen LogP contribution in [-0.2, 0) is 0 Å². The molecule has 0 saturated heterocycles. The minimum absolute atomic E-state index is 0.692. The molecule has 0 saturated carbocycles. The number of hydrazone groups is 1. The highest BCUT2D eigenvalue weighted by molar-refractivity contribution is 7.15. The van der Waals surface area contributed by atoms with Crippen LogP contribution in [0.25, 0.3) is 11.1 Å². The second-order valence-electron chi connectivity index (χ2n) is 4.43. The summed E-state index contributed by atoms with van der Waals surface area (Å²) in [4.78, 5) is 4.18. The van der Waals surface area contributed by atoms with Gasteiger partial charge in [0.05, 0.1) is 17.6 Å². The zero-order chi connectivity index (χ0) is 15.4. The number of nitrogens with zero attached hydrogens (tertiary/aromatic N) is 2. The van der Waals surface area contributed by atoms with Crippen molar-refractivity contribution in [3.8, 4) is 11.1 Å². The summed E-state index contributed by atoms with van der Waals surface area (Å²) in [7, 11) is 0. The maximum absolute atomic E-state index is 6.30. The van der Waals surface area contributed by atoms with E-state index in [1.807, 2.05) is 47.8 Å². The number of pyridine rings is 1. The maximum Gasteiger partial charge on any atom is 0.103 e. The van der Waals surface area contributed by atoms with E-state index in [0.717, 1.165) is 22.5 Å². The lowest BCUT2D eigenvalue weighted by Gasteiger charge is -2.05. The Labute approximate surface area is 142 Å². The van der Waals surface area contributed by atoms with Crippen LogP contribution in [0.3, 0.4) is 0 Å². The van der Waals surface area contributed by atoms with Crippen LogP contribution in [0.2, 0.25) is 9.36 Å². The van der Waals surface area contributed by atoms with Gasteiger partial charge in [0.1, 0.15) is 4.34 Å². The number of halogens is 2. The second kappa shape index (κ2) is 6.92. The highest BCUT2D eigenvalue weighted by Gasteiger charge is 2.12. The molecule has 0 aliphatic carbocycles. The van der Waals surface area contributed by atoms with Crippen LogP contribution in [0.5, 0.6) is 0 Å². The monoisotopic (exact) mass is 347 g/mol. The van der Waals surface area contributed by atoms with E-state index in [1.54, 1.807) is 12.4 Å². The molecule has 0 radical (unpaired) electrons. The SMILES string of the molecule is Clc1ccc(-c2c(N/N=C/c3ccccn3)csc2Cl)cc1. The van der Waals surface area contributed by atoms with Gasteiger partial charge in [0.25, 0.3) is 0 Å². The lowest BCUT2D eigenvalue weighted by Crippen LogP contribution is -1.92. The zero-order valence-corrected chi connectivity index (χ0v) is 13.7. The van der Waals surface area contributed by atoms with Crippen molar-refractivity contribution in [3.05, 3.63) is 69.1 Å². The molecule has 110 valence electrons. The summed E-state index contributed by atoms with van der Waals surface area (Å²) < 4.78 is 0.706. The molecule has 0 aliphatic rings. The molecule has 0 bridgehead atoms. The number of benzene rings is 1. The number of anilines is 1. The molecule has 1 aromatic carbocycles. The van der Waals surface area contributed by atoms with Crippen LogP contribution in [0.1, 0.15) is 5.69 Å². The highest BCUT2D eigenvalue weighted by Crippen LogP contribution is 2.40. The van der Waals surface area contributed by atoms with Gasteiger partial charge in [0.15, 0.2) is 0 Å². The average molecular weight is 348 g/mol. The molecular weight excluding hydrogens is 337 g/mol. The fourth-order valence-corrected chi connectivity index (χ4v) is 3.13. The largest absolute Gasteiger partial charge is 0.277 e. The van der Waals surface area contributed by atoms with E-state index >= 15 is 0 Å². The lowest BCUT2D eigenvalue weighted by molar-refractivity contribution is 1.28. The fraction of sp³-hybridized carbons (Fsp3) is 0. The van der Waals surface area contributed by atoms with Crippen LogP contribution < -0.4 is 5.43 Å². The van der Waals surface area contributed by atoms with Crippen LogP contribution >= 0.6 is 34.5 Å². The Hall–Kier alpha value is -1.88. The minimum atomic E-state index is 0.692. The maximum atomic E-state index is 6.30. The first-order chi connectivity index (χ1) is 10.7. The van der Waals surface area contributed by atoms with Crippen molar-refractivity contribution >= 4 is 46.4 Å². The van der Waals surface area contributed by atoms with E-state index in [0.29, 0.717) is 9.36 Å². The quantitative estimate of drug-likeness (QED) is 0.495. The van der Waals surface area contributed by atoms with Gasteiger partial charge in [-0.05, 0) is 29.8 Å². The average Bonchev–Trinajstić information content (AvgIpc) is 2.90. The fourth-order valence-electron chi connectivity index (χ4n) is 1.92. The molecule has 0 fully saturated rings. The second-order valence-corrected chi connectivity index (χ2v) is 6.35. The summed E-state index contributed by atoms with van der Waals surface area (Å²) in [6.45, 7) is 0. The van der Waals surface area contributed by atoms with Crippen molar-refractivity contribution < 1.29 is 0 Å². The molecule has 0 amide bonds. The predicted molar refractivity (Wildman–Crippen MR) is 95.2 cm³/mol. The molecule has 3 nitrogen and oxygen atoms in total. The zero-order valence-electron chi connectivity index (χ0n) is 11.3.